The van der Waals surface area contributed by atoms with Crippen LogP contribution in [0.15, 0.2) is 30.3 Å². The topological polar surface area (TPSA) is 88.1 Å². The Labute approximate surface area is 210 Å². The number of carbonyl (C=O) groups is 3. The van der Waals surface area contributed by atoms with E-state index in [0.29, 0.717) is 32.5 Å². The van der Waals surface area contributed by atoms with Gasteiger partial charge in [0.15, 0.2) is 0 Å². The van der Waals surface area contributed by atoms with Crippen molar-refractivity contribution in [2.24, 2.45) is 0 Å². The lowest BCUT2D eigenvalue weighted by Crippen LogP contribution is -2.22. The molecule has 1 aromatic carbocycles. The molecule has 1 unspecified atom stereocenters. The number of ether oxygens (including phenoxy) is 4. The van der Waals surface area contributed by atoms with Gasteiger partial charge in [-0.05, 0) is 24.8 Å². The highest BCUT2D eigenvalue weighted by Gasteiger charge is 2.15. The first kappa shape index (κ1) is 30.5. The summed E-state index contributed by atoms with van der Waals surface area (Å²) in [5.41, 5.74) is 0.967. The van der Waals surface area contributed by atoms with Gasteiger partial charge in [-0.1, -0.05) is 95.0 Å². The van der Waals surface area contributed by atoms with E-state index in [1.807, 2.05) is 30.3 Å². The lowest BCUT2D eigenvalue weighted by molar-refractivity contribution is -0.168. The van der Waals surface area contributed by atoms with Crippen molar-refractivity contribution in [2.45, 2.75) is 117 Å². The second kappa shape index (κ2) is 20.8. The average molecular weight is 493 g/mol. The molecule has 7 heteroatoms. The SMILES string of the molecule is CCCCCCCCCCOC(=O)OC(C)OC(=O)CCCCCCC(=O)OCc1ccccc1. The van der Waals surface area contributed by atoms with Crippen LogP contribution >= 0.6 is 0 Å². The normalized spacial score (nSPS) is 11.5. The third kappa shape index (κ3) is 18.4. The summed E-state index contributed by atoms with van der Waals surface area (Å²) in [6, 6.07) is 9.57. The lowest BCUT2D eigenvalue weighted by atomic mass is 10.1. The predicted molar refractivity (Wildman–Crippen MR) is 135 cm³/mol. The minimum Gasteiger partial charge on any atom is -0.461 e. The average Bonchev–Trinajstić information content (AvgIpc) is 2.84. The highest BCUT2D eigenvalue weighted by atomic mass is 16.8. The Kier molecular flexibility index (Phi) is 18.1. The van der Waals surface area contributed by atoms with Crippen LogP contribution in [0.1, 0.15) is 109 Å². The smallest absolute Gasteiger partial charge is 0.461 e. The molecule has 0 heterocycles. The number of carbonyl (C=O) groups excluding carboxylic acids is 3. The third-order valence-electron chi connectivity index (χ3n) is 5.53. The molecule has 0 amide bonds. The maximum atomic E-state index is 11.9. The predicted octanol–water partition coefficient (Wildman–Crippen LogP) is 7.25. The van der Waals surface area contributed by atoms with E-state index in [1.54, 1.807) is 0 Å². The Morgan fingerprint density at radius 3 is 1.91 bits per heavy atom. The van der Waals surface area contributed by atoms with E-state index in [0.717, 1.165) is 37.7 Å². The summed E-state index contributed by atoms with van der Waals surface area (Å²) in [5.74, 6) is -0.635. The van der Waals surface area contributed by atoms with Crippen molar-refractivity contribution in [3.63, 3.8) is 0 Å². The molecule has 198 valence electrons. The molecule has 0 aromatic heterocycles. The Morgan fingerprint density at radius 2 is 1.26 bits per heavy atom. The van der Waals surface area contributed by atoms with Crippen LogP contribution < -0.4 is 0 Å². The van der Waals surface area contributed by atoms with Crippen molar-refractivity contribution in [2.75, 3.05) is 6.61 Å². The fourth-order valence-electron chi connectivity index (χ4n) is 3.53. The second-order valence-electron chi connectivity index (χ2n) is 8.81. The molecule has 0 saturated carbocycles. The van der Waals surface area contributed by atoms with Crippen LogP contribution in [0.2, 0.25) is 0 Å². The molecule has 0 saturated heterocycles. The number of esters is 2. The second-order valence-corrected chi connectivity index (χ2v) is 8.81. The van der Waals surface area contributed by atoms with Gasteiger partial charge < -0.3 is 18.9 Å². The zero-order chi connectivity index (χ0) is 25.6. The summed E-state index contributed by atoms with van der Waals surface area (Å²) < 4.78 is 20.3. The highest BCUT2D eigenvalue weighted by Crippen LogP contribution is 2.11. The quantitative estimate of drug-likeness (QED) is 0.0819. The Balaban J connectivity index is 1.94. The van der Waals surface area contributed by atoms with Crippen molar-refractivity contribution in [1.29, 1.82) is 0 Å². The summed E-state index contributed by atoms with van der Waals surface area (Å²) in [5, 5.41) is 0. The zero-order valence-corrected chi connectivity index (χ0v) is 21.6. The lowest BCUT2D eigenvalue weighted by Gasteiger charge is -2.14. The van der Waals surface area contributed by atoms with Crippen LogP contribution in [-0.4, -0.2) is 31.0 Å². The Bertz CT molecular complexity index is 690. The number of rotatable bonds is 20. The maximum absolute atomic E-state index is 11.9. The zero-order valence-electron chi connectivity index (χ0n) is 21.6. The minimum atomic E-state index is -0.979. The Morgan fingerprint density at radius 1 is 0.686 bits per heavy atom. The Hall–Kier alpha value is -2.57. The van der Waals surface area contributed by atoms with Gasteiger partial charge in [0, 0.05) is 19.8 Å². The fourth-order valence-corrected chi connectivity index (χ4v) is 3.53. The summed E-state index contributed by atoms with van der Waals surface area (Å²) >= 11 is 0. The van der Waals surface area contributed by atoms with Crippen LogP contribution in [0, 0.1) is 0 Å². The summed E-state index contributed by atoms with van der Waals surface area (Å²) in [6.45, 7) is 4.31. The third-order valence-corrected chi connectivity index (χ3v) is 5.53. The first-order chi connectivity index (χ1) is 17.0. The van der Waals surface area contributed by atoms with E-state index >= 15 is 0 Å². The van der Waals surface area contributed by atoms with E-state index in [9.17, 15) is 14.4 Å². The highest BCUT2D eigenvalue weighted by molar-refractivity contribution is 5.70. The number of unbranched alkanes of at least 4 members (excludes halogenated alkanes) is 10. The van der Waals surface area contributed by atoms with Gasteiger partial charge in [0.2, 0.25) is 6.29 Å². The molecule has 0 aliphatic carbocycles. The first-order valence-electron chi connectivity index (χ1n) is 13.2. The molecule has 0 fully saturated rings. The molecule has 0 radical (unpaired) electrons. The number of hydrogen-bond donors (Lipinski definition) is 0. The number of hydrogen-bond acceptors (Lipinski definition) is 7. The van der Waals surface area contributed by atoms with Gasteiger partial charge in [0.1, 0.15) is 6.61 Å². The van der Waals surface area contributed by atoms with Crippen molar-refractivity contribution in [1.82, 2.24) is 0 Å². The van der Waals surface area contributed by atoms with Crippen molar-refractivity contribution >= 4 is 18.1 Å². The van der Waals surface area contributed by atoms with Crippen molar-refractivity contribution in [3.05, 3.63) is 35.9 Å². The van der Waals surface area contributed by atoms with Crippen LogP contribution in [-0.2, 0) is 35.1 Å². The van der Waals surface area contributed by atoms with E-state index in [2.05, 4.69) is 6.92 Å². The van der Waals surface area contributed by atoms with E-state index in [1.165, 1.54) is 39.0 Å². The molecular weight excluding hydrogens is 448 g/mol. The monoisotopic (exact) mass is 492 g/mol. The molecule has 35 heavy (non-hydrogen) atoms. The van der Waals surface area contributed by atoms with Crippen molar-refractivity contribution < 1.29 is 33.3 Å². The minimum absolute atomic E-state index is 0.214. The maximum Gasteiger partial charge on any atom is 0.511 e. The first-order valence-corrected chi connectivity index (χ1v) is 13.2. The van der Waals surface area contributed by atoms with E-state index in [-0.39, 0.29) is 12.4 Å². The summed E-state index contributed by atoms with van der Waals surface area (Å²) in [7, 11) is 0. The van der Waals surface area contributed by atoms with Gasteiger partial charge in [0.25, 0.3) is 0 Å². The molecule has 7 nitrogen and oxygen atoms in total. The van der Waals surface area contributed by atoms with Crippen LogP contribution in [0.5, 0.6) is 0 Å². The molecule has 1 atom stereocenters. The molecular formula is C28H44O7. The van der Waals surface area contributed by atoms with Gasteiger partial charge in [-0.3, -0.25) is 9.59 Å². The molecule has 0 aliphatic heterocycles. The molecule has 1 aromatic rings. The van der Waals surface area contributed by atoms with E-state index in [4.69, 9.17) is 18.9 Å². The fraction of sp³-hybridized carbons (Fsp3) is 0.679. The molecule has 0 N–H and O–H groups in total. The van der Waals surface area contributed by atoms with Gasteiger partial charge >= 0.3 is 18.1 Å². The summed E-state index contributed by atoms with van der Waals surface area (Å²) in [6.07, 6.45) is 11.1. The number of benzene rings is 1. The standard InChI is InChI=1S/C28H44O7/c1-3-4-5-6-7-8-11-17-22-32-28(31)35-24(2)34-27(30)21-16-10-9-15-20-26(29)33-23-25-18-13-12-14-19-25/h12-14,18-19,24H,3-11,15-17,20-23H2,1-2H3. The molecule has 0 aliphatic rings. The molecule has 0 spiro atoms. The summed E-state index contributed by atoms with van der Waals surface area (Å²) in [4.78, 5) is 35.4. The van der Waals surface area contributed by atoms with Crippen LogP contribution in [0.3, 0.4) is 0 Å². The van der Waals surface area contributed by atoms with Crippen molar-refractivity contribution in [3.8, 4) is 0 Å². The van der Waals surface area contributed by atoms with E-state index < -0.39 is 18.4 Å². The van der Waals surface area contributed by atoms with Gasteiger partial charge in [-0.15, -0.1) is 0 Å². The van der Waals surface area contributed by atoms with Crippen LogP contribution in [0.25, 0.3) is 0 Å². The van der Waals surface area contributed by atoms with Crippen LogP contribution in [0.4, 0.5) is 4.79 Å². The van der Waals surface area contributed by atoms with Gasteiger partial charge in [-0.2, -0.15) is 0 Å². The largest absolute Gasteiger partial charge is 0.511 e. The van der Waals surface area contributed by atoms with Gasteiger partial charge in [-0.25, -0.2) is 4.79 Å². The molecule has 1 rings (SSSR count). The van der Waals surface area contributed by atoms with Gasteiger partial charge in [0.05, 0.1) is 6.61 Å². The molecule has 0 bridgehead atoms.